The van der Waals surface area contributed by atoms with Crippen LogP contribution in [0.3, 0.4) is 0 Å². The van der Waals surface area contributed by atoms with Gasteiger partial charge in [0.1, 0.15) is 0 Å². The van der Waals surface area contributed by atoms with E-state index in [1.54, 1.807) is 6.92 Å². The fraction of sp³-hybridized carbons (Fsp3) is 0.400. The molecular weight excluding hydrogens is 124 g/mol. The molecule has 0 N–H and O–H groups in total. The van der Waals surface area contributed by atoms with Gasteiger partial charge in [-0.3, -0.25) is 4.79 Å². The Morgan fingerprint density at radius 1 is 1.67 bits per heavy atom. The van der Waals surface area contributed by atoms with Gasteiger partial charge in [0, 0.05) is 0 Å². The fourth-order valence-electron chi connectivity index (χ4n) is 0.191. The molecule has 0 heterocycles. The van der Waals surface area contributed by atoms with Crippen molar-refractivity contribution < 1.29 is 19.1 Å². The largest absolute Gasteiger partial charge is 0.515 e. The van der Waals surface area contributed by atoms with Crippen LogP contribution in [0.15, 0.2) is 0 Å². The highest BCUT2D eigenvalue weighted by Crippen LogP contribution is 1.78. The van der Waals surface area contributed by atoms with Gasteiger partial charge >= 0.3 is 12.6 Å². The molecule has 0 fully saturated rings. The number of rotatable bonds is 2. The highest BCUT2D eigenvalue weighted by molar-refractivity contribution is 5.69. The van der Waals surface area contributed by atoms with Crippen LogP contribution in [-0.4, -0.2) is 19.2 Å². The highest BCUT2D eigenvalue weighted by atomic mass is 16.7. The van der Waals surface area contributed by atoms with E-state index in [4.69, 9.17) is 0 Å². The quantitative estimate of drug-likeness (QED) is 0.317. The number of carbonyl (C=O) groups is 2. The Hall–Kier alpha value is -1.06. The number of hydrogen-bond donors (Lipinski definition) is 0. The molecule has 0 amide bonds. The molecule has 0 bridgehead atoms. The monoisotopic (exact) mass is 133 g/mol. The summed E-state index contributed by atoms with van der Waals surface area (Å²) in [6.45, 7) is 1.86. The maximum absolute atomic E-state index is 9.97. The van der Waals surface area contributed by atoms with E-state index in [9.17, 15) is 9.59 Å². The van der Waals surface area contributed by atoms with E-state index in [0.29, 0.717) is 0 Å². The van der Waals surface area contributed by atoms with E-state index in [1.807, 2.05) is 0 Å². The third kappa shape index (κ3) is 6.94. The molecule has 0 rings (SSSR count). The van der Waals surface area contributed by atoms with Gasteiger partial charge in [0.25, 0.3) is 0 Å². The maximum Gasteiger partial charge on any atom is 0.515 e. The van der Waals surface area contributed by atoms with Crippen molar-refractivity contribution >= 4 is 12.6 Å². The van der Waals surface area contributed by atoms with Crippen molar-refractivity contribution in [2.24, 2.45) is 0 Å². The third-order valence-corrected chi connectivity index (χ3v) is 0.407. The van der Waals surface area contributed by atoms with Crippen molar-refractivity contribution in [1.82, 2.24) is 0 Å². The lowest BCUT2D eigenvalue weighted by Gasteiger charge is -1.93. The van der Waals surface area contributed by atoms with Crippen molar-refractivity contribution in [2.75, 3.05) is 6.61 Å². The first kappa shape index (κ1) is 10.8. The van der Waals surface area contributed by atoms with Gasteiger partial charge < -0.3 is 9.47 Å². The molecule has 9 heavy (non-hydrogen) atoms. The maximum atomic E-state index is 9.97. The van der Waals surface area contributed by atoms with Crippen molar-refractivity contribution in [3.63, 3.8) is 0 Å². The van der Waals surface area contributed by atoms with Crippen molar-refractivity contribution in [2.45, 2.75) is 6.92 Å². The van der Waals surface area contributed by atoms with Crippen LogP contribution < -0.4 is 0 Å². The second-order valence-electron chi connectivity index (χ2n) is 0.897. The van der Waals surface area contributed by atoms with Crippen LogP contribution in [0.5, 0.6) is 0 Å². The molecule has 0 saturated carbocycles. The van der Waals surface area contributed by atoms with Crippen LogP contribution in [0.2, 0.25) is 0 Å². The standard InChI is InChI=1S/C4H6O4.CH3/c1-2-7-4(6)8-3-5;/h3H,2H2,1H3;1H3. The molecule has 0 aromatic rings. The van der Waals surface area contributed by atoms with E-state index in [0.717, 1.165) is 0 Å². The predicted octanol–water partition coefficient (Wildman–Crippen LogP) is 0.766. The van der Waals surface area contributed by atoms with Crippen molar-refractivity contribution in [3.05, 3.63) is 7.43 Å². The van der Waals surface area contributed by atoms with Crippen LogP contribution in [0.25, 0.3) is 0 Å². The summed E-state index contributed by atoms with van der Waals surface area (Å²) >= 11 is 0. The number of hydrogen-bond acceptors (Lipinski definition) is 4. The molecule has 1 radical (unpaired) electrons. The zero-order chi connectivity index (χ0) is 6.41. The average Bonchev–Trinajstić information content (AvgIpc) is 1.68. The summed E-state index contributed by atoms with van der Waals surface area (Å²) in [5.74, 6) is 0. The van der Waals surface area contributed by atoms with Gasteiger partial charge in [0.2, 0.25) is 0 Å². The topological polar surface area (TPSA) is 52.6 Å². The van der Waals surface area contributed by atoms with Gasteiger partial charge in [-0.2, -0.15) is 0 Å². The zero-order valence-corrected chi connectivity index (χ0v) is 5.42. The molecule has 0 aromatic carbocycles. The Labute approximate surface area is 53.8 Å². The van der Waals surface area contributed by atoms with E-state index < -0.39 is 6.16 Å². The molecule has 0 unspecified atom stereocenters. The first-order valence-electron chi connectivity index (χ1n) is 2.08. The molecule has 0 aliphatic heterocycles. The number of ether oxygens (including phenoxy) is 2. The Kier molecular flexibility index (Phi) is 8.36. The Morgan fingerprint density at radius 3 is 2.56 bits per heavy atom. The molecular formula is C5H9O4. The molecule has 4 nitrogen and oxygen atoms in total. The minimum Gasteiger partial charge on any atom is -0.434 e. The second-order valence-corrected chi connectivity index (χ2v) is 0.897. The highest BCUT2D eigenvalue weighted by Gasteiger charge is 1.97. The lowest BCUT2D eigenvalue weighted by atomic mass is 10.9. The number of carbonyl (C=O) groups excluding carboxylic acids is 2. The summed E-state index contributed by atoms with van der Waals surface area (Å²) in [5, 5.41) is 0. The van der Waals surface area contributed by atoms with Crippen LogP contribution >= 0.6 is 0 Å². The summed E-state index contributed by atoms with van der Waals surface area (Å²) in [4.78, 5) is 19.3. The summed E-state index contributed by atoms with van der Waals surface area (Å²) in [5.41, 5.74) is 0. The Bertz CT molecular complexity index is 89.0. The fourth-order valence-corrected chi connectivity index (χ4v) is 0.191. The second kappa shape index (κ2) is 6.94. The molecule has 4 heteroatoms. The van der Waals surface area contributed by atoms with Crippen molar-refractivity contribution in [1.29, 1.82) is 0 Å². The lowest BCUT2D eigenvalue weighted by molar-refractivity contribution is -0.125. The Balaban J connectivity index is 0. The third-order valence-electron chi connectivity index (χ3n) is 0.407. The molecule has 0 atom stereocenters. The van der Waals surface area contributed by atoms with Crippen molar-refractivity contribution in [3.8, 4) is 0 Å². The van der Waals surface area contributed by atoms with Crippen LogP contribution in [0.4, 0.5) is 4.79 Å². The molecule has 53 valence electrons. The molecule has 0 aliphatic rings. The van der Waals surface area contributed by atoms with E-state index in [1.165, 1.54) is 0 Å². The van der Waals surface area contributed by atoms with E-state index in [2.05, 4.69) is 9.47 Å². The minimum atomic E-state index is -0.956. The molecule has 0 aromatic heterocycles. The first-order chi connectivity index (χ1) is 3.81. The predicted molar refractivity (Wildman–Crippen MR) is 30.6 cm³/mol. The normalized spacial score (nSPS) is 6.78. The van der Waals surface area contributed by atoms with Gasteiger partial charge in [-0.1, -0.05) is 7.43 Å². The molecule has 0 aliphatic carbocycles. The molecule has 0 saturated heterocycles. The van der Waals surface area contributed by atoms with Crippen LogP contribution in [0, 0.1) is 7.43 Å². The van der Waals surface area contributed by atoms with Crippen LogP contribution in [-0.2, 0) is 14.3 Å². The average molecular weight is 133 g/mol. The minimum absolute atomic E-state index is 0. The van der Waals surface area contributed by atoms with Gasteiger partial charge in [0.05, 0.1) is 6.61 Å². The first-order valence-corrected chi connectivity index (χ1v) is 2.08. The summed E-state index contributed by atoms with van der Waals surface area (Å²) < 4.78 is 7.93. The smallest absolute Gasteiger partial charge is 0.434 e. The van der Waals surface area contributed by atoms with Gasteiger partial charge in [-0.25, -0.2) is 4.79 Å². The Morgan fingerprint density at radius 2 is 2.22 bits per heavy atom. The zero-order valence-electron chi connectivity index (χ0n) is 5.42. The van der Waals surface area contributed by atoms with E-state index >= 15 is 0 Å². The summed E-state index contributed by atoms with van der Waals surface area (Å²) in [6.07, 6.45) is -0.956. The lowest BCUT2D eigenvalue weighted by Crippen LogP contribution is -2.04. The van der Waals surface area contributed by atoms with Gasteiger partial charge in [-0.05, 0) is 6.92 Å². The van der Waals surface area contributed by atoms with Gasteiger partial charge in [0.15, 0.2) is 0 Å². The summed E-state index contributed by atoms with van der Waals surface area (Å²) in [6, 6.07) is 0. The SMILES string of the molecule is CCOC(=O)OC=O.[CH3]. The van der Waals surface area contributed by atoms with Crippen LogP contribution in [0.1, 0.15) is 6.92 Å². The van der Waals surface area contributed by atoms with E-state index in [-0.39, 0.29) is 20.5 Å². The molecule has 0 spiro atoms. The van der Waals surface area contributed by atoms with Gasteiger partial charge in [-0.15, -0.1) is 0 Å². The summed E-state index contributed by atoms with van der Waals surface area (Å²) in [7, 11) is 0.